The molecule has 0 aliphatic carbocycles. The SMILES string of the molecule is C=CCCC[C@@]1(C(=O)OCC)CCCC(=O)O1. The number of hydrogen-bond acceptors (Lipinski definition) is 4. The minimum Gasteiger partial charge on any atom is -0.463 e. The van der Waals surface area contributed by atoms with Crippen LogP contribution in [0, 0.1) is 0 Å². The molecule has 1 atom stereocenters. The van der Waals surface area contributed by atoms with Crippen molar-refractivity contribution in [2.75, 3.05) is 6.61 Å². The van der Waals surface area contributed by atoms with E-state index in [4.69, 9.17) is 9.47 Å². The van der Waals surface area contributed by atoms with Gasteiger partial charge in [0.1, 0.15) is 0 Å². The summed E-state index contributed by atoms with van der Waals surface area (Å²) in [5, 5.41) is 0. The second-order valence-corrected chi connectivity index (χ2v) is 4.22. The van der Waals surface area contributed by atoms with Crippen molar-refractivity contribution < 1.29 is 19.1 Å². The van der Waals surface area contributed by atoms with Gasteiger partial charge in [-0.1, -0.05) is 6.08 Å². The van der Waals surface area contributed by atoms with Crippen LogP contribution in [0.15, 0.2) is 12.7 Å². The van der Waals surface area contributed by atoms with Crippen LogP contribution >= 0.6 is 0 Å². The molecular weight excluding hydrogens is 220 g/mol. The first-order valence-corrected chi connectivity index (χ1v) is 6.14. The first-order valence-electron chi connectivity index (χ1n) is 6.14. The maximum Gasteiger partial charge on any atom is 0.350 e. The molecule has 0 amide bonds. The number of rotatable bonds is 6. The molecule has 0 aromatic carbocycles. The van der Waals surface area contributed by atoms with Crippen molar-refractivity contribution in [1.82, 2.24) is 0 Å². The Bertz CT molecular complexity index is 298. The van der Waals surface area contributed by atoms with Gasteiger partial charge in [0.2, 0.25) is 5.60 Å². The highest BCUT2D eigenvalue weighted by atomic mass is 16.6. The van der Waals surface area contributed by atoms with Crippen molar-refractivity contribution in [2.45, 2.75) is 51.0 Å². The summed E-state index contributed by atoms with van der Waals surface area (Å²) in [6.07, 6.45) is 5.53. The minimum atomic E-state index is -1.05. The molecular formula is C13H20O4. The van der Waals surface area contributed by atoms with Gasteiger partial charge in [-0.25, -0.2) is 4.79 Å². The summed E-state index contributed by atoms with van der Waals surface area (Å²) in [7, 11) is 0. The predicted molar refractivity (Wildman–Crippen MR) is 63.4 cm³/mol. The van der Waals surface area contributed by atoms with Gasteiger partial charge in [0.25, 0.3) is 0 Å². The summed E-state index contributed by atoms with van der Waals surface area (Å²) in [6.45, 7) is 5.69. The average Bonchev–Trinajstić information content (AvgIpc) is 2.30. The highest BCUT2D eigenvalue weighted by Gasteiger charge is 2.45. The lowest BCUT2D eigenvalue weighted by molar-refractivity contribution is -0.189. The topological polar surface area (TPSA) is 52.6 Å². The molecule has 4 nitrogen and oxygen atoms in total. The second kappa shape index (κ2) is 6.42. The van der Waals surface area contributed by atoms with E-state index in [0.29, 0.717) is 32.3 Å². The molecule has 1 saturated heterocycles. The van der Waals surface area contributed by atoms with E-state index < -0.39 is 11.6 Å². The van der Waals surface area contributed by atoms with E-state index in [1.165, 1.54) is 0 Å². The van der Waals surface area contributed by atoms with Crippen LogP contribution in [0.25, 0.3) is 0 Å². The lowest BCUT2D eigenvalue weighted by atomic mass is 9.88. The third-order valence-corrected chi connectivity index (χ3v) is 2.91. The molecule has 0 aromatic heterocycles. The third kappa shape index (κ3) is 3.58. The van der Waals surface area contributed by atoms with Crippen LogP contribution < -0.4 is 0 Å². The molecule has 0 radical (unpaired) electrons. The summed E-state index contributed by atoms with van der Waals surface area (Å²) in [4.78, 5) is 23.3. The van der Waals surface area contributed by atoms with Gasteiger partial charge < -0.3 is 9.47 Å². The standard InChI is InChI=1S/C13H20O4/c1-3-5-6-9-13(12(15)16-4-2)10-7-8-11(14)17-13/h3H,1,4-10H2,2H3/t13-/m0/s1. The quantitative estimate of drug-likeness (QED) is 0.406. The van der Waals surface area contributed by atoms with Gasteiger partial charge in [-0.2, -0.15) is 0 Å². The van der Waals surface area contributed by atoms with E-state index in [2.05, 4.69) is 6.58 Å². The number of ether oxygens (including phenoxy) is 2. The molecule has 0 unspecified atom stereocenters. The first kappa shape index (κ1) is 13.7. The number of allylic oxidation sites excluding steroid dienone is 1. The van der Waals surface area contributed by atoms with E-state index >= 15 is 0 Å². The fourth-order valence-electron chi connectivity index (χ4n) is 2.05. The van der Waals surface area contributed by atoms with Crippen molar-refractivity contribution in [3.63, 3.8) is 0 Å². The maximum atomic E-state index is 11.9. The van der Waals surface area contributed by atoms with E-state index in [0.717, 1.165) is 12.8 Å². The van der Waals surface area contributed by atoms with Crippen LogP contribution in [0.5, 0.6) is 0 Å². The number of esters is 2. The van der Waals surface area contributed by atoms with Crippen LogP contribution in [0.4, 0.5) is 0 Å². The zero-order chi connectivity index (χ0) is 12.7. The number of hydrogen-bond donors (Lipinski definition) is 0. The maximum absolute atomic E-state index is 11.9. The van der Waals surface area contributed by atoms with E-state index in [1.54, 1.807) is 13.0 Å². The summed E-state index contributed by atoms with van der Waals surface area (Å²) in [5.41, 5.74) is -1.05. The Morgan fingerprint density at radius 3 is 3.00 bits per heavy atom. The van der Waals surface area contributed by atoms with Crippen molar-refractivity contribution >= 4 is 11.9 Å². The lowest BCUT2D eigenvalue weighted by Gasteiger charge is -2.34. The van der Waals surface area contributed by atoms with E-state index in [9.17, 15) is 9.59 Å². The normalized spacial score (nSPS) is 23.9. The van der Waals surface area contributed by atoms with Gasteiger partial charge in [0.05, 0.1) is 6.61 Å². The second-order valence-electron chi connectivity index (χ2n) is 4.22. The Kier molecular flexibility index (Phi) is 5.19. The summed E-state index contributed by atoms with van der Waals surface area (Å²) < 4.78 is 10.3. The molecule has 1 aliphatic rings. The Morgan fingerprint density at radius 1 is 1.65 bits per heavy atom. The average molecular weight is 240 g/mol. The molecule has 0 bridgehead atoms. The Morgan fingerprint density at radius 2 is 2.41 bits per heavy atom. The van der Waals surface area contributed by atoms with Crippen LogP contribution in [0.1, 0.15) is 45.4 Å². The summed E-state index contributed by atoms with van der Waals surface area (Å²) >= 11 is 0. The van der Waals surface area contributed by atoms with Crippen LogP contribution in [-0.4, -0.2) is 24.1 Å². The molecule has 17 heavy (non-hydrogen) atoms. The van der Waals surface area contributed by atoms with Gasteiger partial charge in [-0.3, -0.25) is 4.79 Å². The molecule has 1 aliphatic heterocycles. The first-order chi connectivity index (χ1) is 8.14. The Balaban J connectivity index is 2.71. The molecule has 0 saturated carbocycles. The molecule has 0 spiro atoms. The predicted octanol–water partition coefficient (Wildman–Crippen LogP) is 2.37. The highest BCUT2D eigenvalue weighted by Crippen LogP contribution is 2.32. The summed E-state index contributed by atoms with van der Waals surface area (Å²) in [6, 6.07) is 0. The van der Waals surface area contributed by atoms with Gasteiger partial charge in [-0.15, -0.1) is 6.58 Å². The highest BCUT2D eigenvalue weighted by molar-refractivity contribution is 5.84. The monoisotopic (exact) mass is 240 g/mol. The molecule has 0 N–H and O–H groups in total. The zero-order valence-corrected chi connectivity index (χ0v) is 10.4. The Hall–Kier alpha value is -1.32. The van der Waals surface area contributed by atoms with E-state index in [1.807, 2.05) is 0 Å². The number of carbonyl (C=O) groups excluding carboxylic acids is 2. The minimum absolute atomic E-state index is 0.303. The smallest absolute Gasteiger partial charge is 0.350 e. The Labute approximate surface area is 102 Å². The largest absolute Gasteiger partial charge is 0.463 e. The molecule has 1 fully saturated rings. The molecule has 0 aromatic rings. The van der Waals surface area contributed by atoms with Crippen molar-refractivity contribution in [2.24, 2.45) is 0 Å². The van der Waals surface area contributed by atoms with Gasteiger partial charge in [0.15, 0.2) is 0 Å². The van der Waals surface area contributed by atoms with Crippen LogP contribution in [0.2, 0.25) is 0 Å². The van der Waals surface area contributed by atoms with Crippen LogP contribution in [0.3, 0.4) is 0 Å². The van der Waals surface area contributed by atoms with E-state index in [-0.39, 0.29) is 5.97 Å². The number of carbonyl (C=O) groups is 2. The number of unbranched alkanes of at least 4 members (excludes halogenated alkanes) is 1. The lowest BCUT2D eigenvalue weighted by Crippen LogP contribution is -2.47. The van der Waals surface area contributed by atoms with Gasteiger partial charge >= 0.3 is 11.9 Å². The van der Waals surface area contributed by atoms with Crippen molar-refractivity contribution in [3.8, 4) is 0 Å². The molecule has 1 heterocycles. The van der Waals surface area contributed by atoms with Crippen molar-refractivity contribution in [1.29, 1.82) is 0 Å². The molecule has 4 heteroatoms. The van der Waals surface area contributed by atoms with Crippen LogP contribution in [-0.2, 0) is 19.1 Å². The summed E-state index contributed by atoms with van der Waals surface area (Å²) in [5.74, 6) is -0.708. The fourth-order valence-corrected chi connectivity index (χ4v) is 2.05. The molecule has 96 valence electrons. The van der Waals surface area contributed by atoms with Gasteiger partial charge in [0, 0.05) is 6.42 Å². The zero-order valence-electron chi connectivity index (χ0n) is 10.4. The number of cyclic esters (lactones) is 1. The van der Waals surface area contributed by atoms with Crippen molar-refractivity contribution in [3.05, 3.63) is 12.7 Å². The fraction of sp³-hybridized carbons (Fsp3) is 0.692. The third-order valence-electron chi connectivity index (χ3n) is 2.91. The molecule has 1 rings (SSSR count). The van der Waals surface area contributed by atoms with Gasteiger partial charge in [-0.05, 0) is 39.0 Å².